The van der Waals surface area contributed by atoms with Crippen LogP contribution in [0.1, 0.15) is 5.56 Å². The van der Waals surface area contributed by atoms with E-state index in [1.807, 2.05) is 23.7 Å². The SMILES string of the molecule is CN(C)c1nc2n(n1)Cc1cscc1N2. The molecule has 6 heteroatoms. The molecule has 0 unspecified atom stereocenters. The Hall–Kier alpha value is -1.56. The normalized spacial score (nSPS) is 12.9. The second-order valence-corrected chi connectivity index (χ2v) is 4.47. The van der Waals surface area contributed by atoms with Gasteiger partial charge in [-0.25, -0.2) is 4.68 Å². The van der Waals surface area contributed by atoms with Crippen LogP contribution in [0.3, 0.4) is 0 Å². The fourth-order valence-electron chi connectivity index (χ4n) is 1.56. The maximum atomic E-state index is 4.40. The highest BCUT2D eigenvalue weighted by Gasteiger charge is 2.19. The molecule has 1 aliphatic heterocycles. The highest BCUT2D eigenvalue weighted by molar-refractivity contribution is 7.08. The molecular formula is C9H11N5S. The number of nitrogens with zero attached hydrogens (tertiary/aromatic N) is 4. The summed E-state index contributed by atoms with van der Waals surface area (Å²) in [5, 5.41) is 11.9. The third-order valence-corrected chi connectivity index (χ3v) is 3.16. The molecule has 5 nitrogen and oxygen atoms in total. The van der Waals surface area contributed by atoms with Gasteiger partial charge in [0.1, 0.15) is 0 Å². The van der Waals surface area contributed by atoms with Crippen LogP contribution in [-0.2, 0) is 6.54 Å². The molecular weight excluding hydrogens is 210 g/mol. The monoisotopic (exact) mass is 221 g/mol. The lowest BCUT2D eigenvalue weighted by molar-refractivity contribution is 0.684. The fraction of sp³-hybridized carbons (Fsp3) is 0.333. The first-order valence-corrected chi connectivity index (χ1v) is 5.62. The molecule has 2 aromatic rings. The van der Waals surface area contributed by atoms with Crippen LogP contribution in [0.15, 0.2) is 10.8 Å². The van der Waals surface area contributed by atoms with Gasteiger partial charge in [-0.15, -0.1) is 16.4 Å². The Kier molecular flexibility index (Phi) is 1.72. The number of rotatable bonds is 1. The lowest BCUT2D eigenvalue weighted by atomic mass is 10.2. The number of hydrogen-bond acceptors (Lipinski definition) is 5. The molecule has 0 amide bonds. The largest absolute Gasteiger partial charge is 0.346 e. The molecule has 0 saturated heterocycles. The van der Waals surface area contributed by atoms with E-state index in [1.54, 1.807) is 11.3 Å². The van der Waals surface area contributed by atoms with E-state index >= 15 is 0 Å². The van der Waals surface area contributed by atoms with E-state index in [2.05, 4.69) is 26.2 Å². The highest BCUT2D eigenvalue weighted by Crippen LogP contribution is 2.30. The van der Waals surface area contributed by atoms with Crippen molar-refractivity contribution < 1.29 is 0 Å². The molecule has 1 aliphatic rings. The predicted octanol–water partition coefficient (Wildman–Crippen LogP) is 1.51. The number of fused-ring (bicyclic) bond motifs is 2. The molecule has 0 aliphatic carbocycles. The minimum atomic E-state index is 0.742. The molecule has 1 N–H and O–H groups in total. The van der Waals surface area contributed by atoms with Crippen molar-refractivity contribution in [3.8, 4) is 0 Å². The zero-order valence-corrected chi connectivity index (χ0v) is 9.38. The third kappa shape index (κ3) is 1.29. The summed E-state index contributed by atoms with van der Waals surface area (Å²) in [5.74, 6) is 1.57. The van der Waals surface area contributed by atoms with Gasteiger partial charge in [0.25, 0.3) is 0 Å². The van der Waals surface area contributed by atoms with Crippen LogP contribution in [0.2, 0.25) is 0 Å². The molecule has 0 saturated carbocycles. The first kappa shape index (κ1) is 8.72. The first-order valence-electron chi connectivity index (χ1n) is 4.68. The van der Waals surface area contributed by atoms with Gasteiger partial charge in [0.05, 0.1) is 12.2 Å². The summed E-state index contributed by atoms with van der Waals surface area (Å²) in [6.07, 6.45) is 0. The molecule has 2 aromatic heterocycles. The average molecular weight is 221 g/mol. The van der Waals surface area contributed by atoms with Gasteiger partial charge in [0.2, 0.25) is 11.9 Å². The number of thiophene rings is 1. The average Bonchev–Trinajstić information content (AvgIpc) is 2.77. The van der Waals surface area contributed by atoms with Gasteiger partial charge in [-0.2, -0.15) is 4.98 Å². The van der Waals surface area contributed by atoms with Crippen LogP contribution in [0, 0.1) is 0 Å². The van der Waals surface area contributed by atoms with Crippen molar-refractivity contribution in [3.05, 3.63) is 16.3 Å². The highest BCUT2D eigenvalue weighted by atomic mass is 32.1. The summed E-state index contributed by atoms with van der Waals surface area (Å²) < 4.78 is 1.89. The van der Waals surface area contributed by atoms with Crippen LogP contribution >= 0.6 is 11.3 Å². The van der Waals surface area contributed by atoms with E-state index in [4.69, 9.17) is 0 Å². The second kappa shape index (κ2) is 2.96. The van der Waals surface area contributed by atoms with Crippen molar-refractivity contribution >= 4 is 28.9 Å². The van der Waals surface area contributed by atoms with Crippen molar-refractivity contribution in [3.63, 3.8) is 0 Å². The summed E-state index contributed by atoms with van der Waals surface area (Å²) in [6.45, 7) is 0.808. The molecule has 78 valence electrons. The summed E-state index contributed by atoms with van der Waals surface area (Å²) in [6, 6.07) is 0. The number of anilines is 3. The van der Waals surface area contributed by atoms with E-state index in [1.165, 1.54) is 5.56 Å². The van der Waals surface area contributed by atoms with E-state index in [0.717, 1.165) is 24.1 Å². The summed E-state index contributed by atoms with van der Waals surface area (Å²) >= 11 is 1.70. The van der Waals surface area contributed by atoms with Gasteiger partial charge in [-0.1, -0.05) is 0 Å². The molecule has 0 radical (unpaired) electrons. The molecule has 0 atom stereocenters. The number of hydrogen-bond donors (Lipinski definition) is 1. The molecule has 0 fully saturated rings. The van der Waals surface area contributed by atoms with Gasteiger partial charge in [-0.05, 0) is 5.38 Å². The van der Waals surface area contributed by atoms with Crippen LogP contribution in [-0.4, -0.2) is 28.9 Å². The van der Waals surface area contributed by atoms with Crippen LogP contribution in [0.25, 0.3) is 0 Å². The zero-order chi connectivity index (χ0) is 10.4. The summed E-state index contributed by atoms with van der Waals surface area (Å²) in [4.78, 5) is 6.30. The summed E-state index contributed by atoms with van der Waals surface area (Å²) in [7, 11) is 3.88. The van der Waals surface area contributed by atoms with Crippen LogP contribution in [0.5, 0.6) is 0 Å². The standard InChI is InChI=1S/C9H11N5S/c1-13(2)9-11-8-10-7-5-15-4-6(7)3-14(8)12-9/h4-5H,3H2,1-2H3,(H,10,11,12). The van der Waals surface area contributed by atoms with E-state index in [9.17, 15) is 0 Å². The molecule has 15 heavy (non-hydrogen) atoms. The second-order valence-electron chi connectivity index (χ2n) is 3.72. The Balaban J connectivity index is 2.02. The molecule has 0 bridgehead atoms. The fourth-order valence-corrected chi connectivity index (χ4v) is 2.34. The van der Waals surface area contributed by atoms with Crippen molar-refractivity contribution in [2.24, 2.45) is 0 Å². The Bertz CT molecular complexity index is 460. The smallest absolute Gasteiger partial charge is 0.246 e. The Labute approximate surface area is 91.4 Å². The van der Waals surface area contributed by atoms with Gasteiger partial charge in [0, 0.05) is 25.0 Å². The predicted molar refractivity (Wildman–Crippen MR) is 61.1 cm³/mol. The van der Waals surface area contributed by atoms with Crippen molar-refractivity contribution in [2.45, 2.75) is 6.54 Å². The van der Waals surface area contributed by atoms with Gasteiger partial charge in [-0.3, -0.25) is 0 Å². The lowest BCUT2D eigenvalue weighted by Gasteiger charge is -2.13. The summed E-state index contributed by atoms with van der Waals surface area (Å²) in [5.41, 5.74) is 2.44. The maximum Gasteiger partial charge on any atom is 0.246 e. The van der Waals surface area contributed by atoms with Gasteiger partial charge >= 0.3 is 0 Å². The third-order valence-electron chi connectivity index (χ3n) is 2.37. The maximum absolute atomic E-state index is 4.40. The lowest BCUT2D eigenvalue weighted by Crippen LogP contribution is -2.13. The van der Waals surface area contributed by atoms with E-state index < -0.39 is 0 Å². The molecule has 0 spiro atoms. The Morgan fingerprint density at radius 1 is 1.47 bits per heavy atom. The van der Waals surface area contributed by atoms with Crippen molar-refractivity contribution in [2.75, 3.05) is 24.3 Å². The molecule has 3 heterocycles. The Morgan fingerprint density at radius 3 is 3.13 bits per heavy atom. The topological polar surface area (TPSA) is 46.0 Å². The molecule has 3 rings (SSSR count). The van der Waals surface area contributed by atoms with Gasteiger partial charge in [0.15, 0.2) is 0 Å². The number of nitrogens with one attached hydrogen (secondary N) is 1. The number of aromatic nitrogens is 3. The minimum absolute atomic E-state index is 0.742. The van der Waals surface area contributed by atoms with Crippen molar-refractivity contribution in [1.82, 2.24) is 14.8 Å². The zero-order valence-electron chi connectivity index (χ0n) is 8.56. The van der Waals surface area contributed by atoms with E-state index in [-0.39, 0.29) is 0 Å². The van der Waals surface area contributed by atoms with Crippen LogP contribution in [0.4, 0.5) is 17.6 Å². The first-order chi connectivity index (χ1) is 7.24. The van der Waals surface area contributed by atoms with E-state index in [0.29, 0.717) is 0 Å². The van der Waals surface area contributed by atoms with Crippen molar-refractivity contribution in [1.29, 1.82) is 0 Å². The van der Waals surface area contributed by atoms with Crippen LogP contribution < -0.4 is 10.2 Å². The minimum Gasteiger partial charge on any atom is -0.346 e. The van der Waals surface area contributed by atoms with Gasteiger partial charge < -0.3 is 10.2 Å². The molecule has 0 aromatic carbocycles. The quantitative estimate of drug-likeness (QED) is 0.676. The Morgan fingerprint density at radius 2 is 2.33 bits per heavy atom.